The van der Waals surface area contributed by atoms with Gasteiger partial charge in [-0.3, -0.25) is 14.4 Å². The third kappa shape index (κ3) is 5.45. The number of para-hydroxylation sites is 1. The van der Waals surface area contributed by atoms with Crippen LogP contribution in [0.15, 0.2) is 53.6 Å². The number of carbonyl (C=O) groups excluding carboxylic acids is 3. The molecule has 9 heteroatoms. The molecule has 0 unspecified atom stereocenters. The Hall–Kier alpha value is -3.07. The molecule has 1 aliphatic rings. The number of halogens is 1. The highest BCUT2D eigenvalue weighted by Crippen LogP contribution is 2.37. The summed E-state index contributed by atoms with van der Waals surface area (Å²) >= 11 is 6.95. The molecule has 2 aromatic carbocycles. The fraction of sp³-hybridized carbons (Fsp3) is 0.269. The van der Waals surface area contributed by atoms with Gasteiger partial charge in [-0.2, -0.15) is 0 Å². The van der Waals surface area contributed by atoms with E-state index in [9.17, 15) is 14.4 Å². The zero-order valence-corrected chi connectivity index (χ0v) is 21.1. The number of aryl methyl sites for hydroxylation is 1. The number of rotatable bonds is 9. The Morgan fingerprint density at radius 3 is 2.74 bits per heavy atom. The smallest absolute Gasteiger partial charge is 0.298 e. The predicted molar refractivity (Wildman–Crippen MR) is 141 cm³/mol. The van der Waals surface area contributed by atoms with Gasteiger partial charge in [-0.15, -0.1) is 0 Å². The van der Waals surface area contributed by atoms with Gasteiger partial charge in [-0.05, 0) is 54.4 Å². The van der Waals surface area contributed by atoms with Crippen LogP contribution >= 0.6 is 23.4 Å². The van der Waals surface area contributed by atoms with Crippen molar-refractivity contribution in [2.45, 2.75) is 26.3 Å². The molecule has 1 fully saturated rings. The van der Waals surface area contributed by atoms with Crippen molar-refractivity contribution in [2.24, 2.45) is 0 Å². The van der Waals surface area contributed by atoms with Crippen molar-refractivity contribution >= 4 is 63.1 Å². The highest BCUT2D eigenvalue weighted by Gasteiger charge is 2.36. The second-order valence-electron chi connectivity index (χ2n) is 8.07. The number of hydrogen-bond acceptors (Lipinski definition) is 5. The van der Waals surface area contributed by atoms with Crippen molar-refractivity contribution in [3.8, 4) is 0 Å². The fourth-order valence-corrected chi connectivity index (χ4v) is 5.11. The zero-order chi connectivity index (χ0) is 24.9. The second-order valence-corrected chi connectivity index (χ2v) is 9.50. The third-order valence-corrected chi connectivity index (χ3v) is 6.81. The highest BCUT2D eigenvalue weighted by atomic mass is 35.5. The molecule has 0 aliphatic carbocycles. The number of carbonyl (C=O) groups is 3. The Morgan fingerprint density at radius 1 is 1.20 bits per heavy atom. The maximum atomic E-state index is 13.1. The molecule has 1 aromatic heterocycles. The largest absolute Gasteiger partial charge is 0.385 e. The molecule has 2 heterocycles. The van der Waals surface area contributed by atoms with Crippen molar-refractivity contribution in [1.29, 1.82) is 0 Å². The molecule has 3 aromatic rings. The molecule has 7 nitrogen and oxygen atoms in total. The summed E-state index contributed by atoms with van der Waals surface area (Å²) in [5.41, 5.74) is 3.26. The molecule has 3 amide bonds. The summed E-state index contributed by atoms with van der Waals surface area (Å²) in [5.74, 6) is -0.498. The van der Waals surface area contributed by atoms with Crippen molar-refractivity contribution in [3.05, 3.63) is 69.7 Å². The Balaban J connectivity index is 1.66. The van der Waals surface area contributed by atoms with E-state index in [1.54, 1.807) is 37.5 Å². The summed E-state index contributed by atoms with van der Waals surface area (Å²) in [7, 11) is 1.63. The van der Waals surface area contributed by atoms with Gasteiger partial charge in [-0.1, -0.05) is 42.8 Å². The van der Waals surface area contributed by atoms with E-state index in [-0.39, 0.29) is 17.7 Å². The molecule has 1 N–H and O–H groups in total. The molecule has 182 valence electrons. The van der Waals surface area contributed by atoms with Gasteiger partial charge >= 0.3 is 0 Å². The molecule has 0 atom stereocenters. The number of methoxy groups -OCH3 is 1. The first-order valence-electron chi connectivity index (χ1n) is 11.3. The van der Waals surface area contributed by atoms with Crippen LogP contribution < -0.4 is 10.2 Å². The molecule has 1 saturated heterocycles. The first-order valence-corrected chi connectivity index (χ1v) is 12.5. The third-order valence-electron chi connectivity index (χ3n) is 5.70. The number of anilines is 1. The number of ether oxygens (including phenoxy) is 1. The normalized spacial score (nSPS) is 14.9. The second kappa shape index (κ2) is 11.1. The van der Waals surface area contributed by atoms with Gasteiger partial charge in [-0.25, -0.2) is 4.90 Å². The number of amides is 3. The van der Waals surface area contributed by atoms with Gasteiger partial charge in [0.1, 0.15) is 6.54 Å². The van der Waals surface area contributed by atoms with E-state index in [2.05, 4.69) is 12.2 Å². The molecule has 35 heavy (non-hydrogen) atoms. The maximum absolute atomic E-state index is 13.1. The minimum atomic E-state index is -0.398. The van der Waals surface area contributed by atoms with Gasteiger partial charge in [0.05, 0.1) is 16.1 Å². The van der Waals surface area contributed by atoms with E-state index in [4.69, 9.17) is 16.3 Å². The summed E-state index contributed by atoms with van der Waals surface area (Å²) in [4.78, 5) is 39.9. The minimum Gasteiger partial charge on any atom is -0.385 e. The average molecular weight is 512 g/mol. The van der Waals surface area contributed by atoms with Crippen LogP contribution in [0.5, 0.6) is 0 Å². The Labute approximate surface area is 213 Å². The van der Waals surface area contributed by atoms with Crippen molar-refractivity contribution in [3.63, 3.8) is 0 Å². The van der Waals surface area contributed by atoms with Crippen molar-refractivity contribution in [2.75, 3.05) is 25.2 Å². The standard InChI is InChI=1S/C26H26ClN3O4S/c1-3-17-7-4-10-21-18(15-29(24(17)21)16-23(31)28-11-6-12-34-2)13-22-25(32)30(26(33)35-22)20-9-5-8-19(27)14-20/h4-5,7-10,13-15H,3,6,11-12,16H2,1-2H3,(H,28,31)/b22-13-. The highest BCUT2D eigenvalue weighted by molar-refractivity contribution is 8.19. The van der Waals surface area contributed by atoms with Crippen molar-refractivity contribution < 1.29 is 19.1 Å². The van der Waals surface area contributed by atoms with E-state index in [0.717, 1.165) is 51.5 Å². The molecular formula is C26H26ClN3O4S. The monoisotopic (exact) mass is 511 g/mol. The lowest BCUT2D eigenvalue weighted by Gasteiger charge is -2.12. The number of nitrogens with zero attached hydrogens (tertiary/aromatic N) is 2. The number of aromatic nitrogens is 1. The molecule has 0 radical (unpaired) electrons. The van der Waals surface area contributed by atoms with E-state index >= 15 is 0 Å². The fourth-order valence-electron chi connectivity index (χ4n) is 4.09. The zero-order valence-electron chi connectivity index (χ0n) is 19.5. The summed E-state index contributed by atoms with van der Waals surface area (Å²) < 4.78 is 6.94. The van der Waals surface area contributed by atoms with E-state index in [0.29, 0.717) is 28.8 Å². The van der Waals surface area contributed by atoms with Crippen LogP contribution in [0.25, 0.3) is 17.0 Å². The van der Waals surface area contributed by atoms with Gasteiger partial charge in [0.15, 0.2) is 0 Å². The molecule has 0 saturated carbocycles. The lowest BCUT2D eigenvalue weighted by Crippen LogP contribution is -2.28. The van der Waals surface area contributed by atoms with E-state index in [1.807, 2.05) is 29.0 Å². The number of hydrogen-bond donors (Lipinski definition) is 1. The van der Waals surface area contributed by atoms with Crippen LogP contribution in [0.4, 0.5) is 10.5 Å². The lowest BCUT2D eigenvalue weighted by molar-refractivity contribution is -0.121. The van der Waals surface area contributed by atoms with Crippen LogP contribution in [-0.4, -0.2) is 41.9 Å². The Bertz CT molecular complexity index is 1320. The van der Waals surface area contributed by atoms with Gasteiger partial charge in [0.25, 0.3) is 11.1 Å². The number of thioether (sulfide) groups is 1. The number of imide groups is 1. The maximum Gasteiger partial charge on any atom is 0.298 e. The Kier molecular flexibility index (Phi) is 7.95. The van der Waals surface area contributed by atoms with Gasteiger partial charge in [0.2, 0.25) is 5.91 Å². The van der Waals surface area contributed by atoms with E-state index in [1.165, 1.54) is 0 Å². The van der Waals surface area contributed by atoms with Gasteiger partial charge < -0.3 is 14.6 Å². The number of benzene rings is 2. The summed E-state index contributed by atoms with van der Waals surface area (Å²) in [6.45, 7) is 3.34. The van der Waals surface area contributed by atoms with Crippen LogP contribution in [0.1, 0.15) is 24.5 Å². The SMILES string of the molecule is CCc1cccc2c(/C=C3\SC(=O)N(c4cccc(Cl)c4)C3=O)cn(CC(=O)NCCCOC)c12. The lowest BCUT2D eigenvalue weighted by atomic mass is 10.1. The first kappa shape index (κ1) is 25.0. The molecule has 0 spiro atoms. The van der Waals surface area contributed by atoms with Crippen molar-refractivity contribution in [1.82, 2.24) is 9.88 Å². The molecule has 0 bridgehead atoms. The quantitative estimate of drug-likeness (QED) is 0.313. The topological polar surface area (TPSA) is 80.6 Å². The van der Waals surface area contributed by atoms with Gasteiger partial charge in [0, 0.05) is 42.4 Å². The first-order chi connectivity index (χ1) is 16.9. The minimum absolute atomic E-state index is 0.100. The van der Waals surface area contributed by atoms with Crippen LogP contribution in [-0.2, 0) is 27.3 Å². The summed E-state index contributed by atoms with van der Waals surface area (Å²) in [6, 6.07) is 12.6. The van der Waals surface area contributed by atoms with Crippen LogP contribution in [0.2, 0.25) is 5.02 Å². The van der Waals surface area contributed by atoms with Crippen LogP contribution in [0.3, 0.4) is 0 Å². The molecular weight excluding hydrogens is 486 g/mol. The Morgan fingerprint density at radius 2 is 2.00 bits per heavy atom. The molecule has 1 aliphatic heterocycles. The molecule has 4 rings (SSSR count). The number of nitrogens with one attached hydrogen (secondary N) is 1. The summed E-state index contributed by atoms with van der Waals surface area (Å²) in [6.07, 6.45) is 5.13. The average Bonchev–Trinajstić information content (AvgIpc) is 3.32. The number of fused-ring (bicyclic) bond motifs is 1. The van der Waals surface area contributed by atoms with E-state index < -0.39 is 5.91 Å². The van der Waals surface area contributed by atoms with Crippen LogP contribution in [0, 0.1) is 0 Å². The summed E-state index contributed by atoms with van der Waals surface area (Å²) in [5, 5.41) is 3.91. The predicted octanol–water partition coefficient (Wildman–Crippen LogP) is 5.25.